The zero-order chi connectivity index (χ0) is 20.1. The smallest absolute Gasteiger partial charge is 0.257 e. The van der Waals surface area contributed by atoms with E-state index >= 15 is 0 Å². The van der Waals surface area contributed by atoms with Crippen LogP contribution in [0.2, 0.25) is 0 Å². The molecule has 0 aliphatic carbocycles. The van der Waals surface area contributed by atoms with Crippen molar-refractivity contribution in [2.24, 2.45) is 0 Å². The lowest BCUT2D eigenvalue weighted by atomic mass is 10.1. The van der Waals surface area contributed by atoms with Gasteiger partial charge in [-0.05, 0) is 54.8 Å². The molecule has 2 N–H and O–H groups in total. The molecule has 1 heterocycles. The van der Waals surface area contributed by atoms with Gasteiger partial charge in [0.25, 0.3) is 5.91 Å². The molecule has 0 atom stereocenters. The molecule has 0 spiro atoms. The molecular formula is C23H26N4O. The molecular weight excluding hydrogens is 348 g/mol. The van der Waals surface area contributed by atoms with Crippen molar-refractivity contribution in [3.8, 4) is 0 Å². The third-order valence-corrected chi connectivity index (χ3v) is 4.65. The minimum Gasteiger partial charge on any atom is -0.378 e. The number of aromatic nitrogens is 1. The van der Waals surface area contributed by atoms with Gasteiger partial charge < -0.3 is 15.5 Å². The Morgan fingerprint density at radius 2 is 1.79 bits per heavy atom. The van der Waals surface area contributed by atoms with Crippen LogP contribution in [0.5, 0.6) is 0 Å². The fourth-order valence-corrected chi connectivity index (χ4v) is 3.02. The monoisotopic (exact) mass is 374 g/mol. The highest BCUT2D eigenvalue weighted by Gasteiger charge is 2.10. The van der Waals surface area contributed by atoms with Gasteiger partial charge >= 0.3 is 0 Å². The van der Waals surface area contributed by atoms with Gasteiger partial charge in [-0.2, -0.15) is 0 Å². The van der Waals surface area contributed by atoms with Gasteiger partial charge in [-0.3, -0.25) is 9.78 Å². The summed E-state index contributed by atoms with van der Waals surface area (Å²) in [6.07, 6.45) is 4.24. The minimum absolute atomic E-state index is 0.186. The van der Waals surface area contributed by atoms with Crippen LogP contribution in [0.3, 0.4) is 0 Å². The number of para-hydroxylation sites is 1. The van der Waals surface area contributed by atoms with Crippen LogP contribution in [-0.2, 0) is 6.42 Å². The number of hydrogen-bond donors (Lipinski definition) is 2. The lowest BCUT2D eigenvalue weighted by Crippen LogP contribution is -2.13. The average Bonchev–Trinajstić information content (AvgIpc) is 2.70. The van der Waals surface area contributed by atoms with Gasteiger partial charge in [-0.25, -0.2) is 0 Å². The summed E-state index contributed by atoms with van der Waals surface area (Å²) in [5.74, 6) is -0.186. The number of carbonyl (C=O) groups is 1. The predicted molar refractivity (Wildman–Crippen MR) is 117 cm³/mol. The van der Waals surface area contributed by atoms with Crippen molar-refractivity contribution >= 4 is 28.7 Å². The highest BCUT2D eigenvalue weighted by Crippen LogP contribution is 2.25. The Morgan fingerprint density at radius 3 is 2.46 bits per heavy atom. The second-order valence-electron chi connectivity index (χ2n) is 6.95. The van der Waals surface area contributed by atoms with Crippen LogP contribution in [0.1, 0.15) is 28.4 Å². The summed E-state index contributed by atoms with van der Waals surface area (Å²) in [4.78, 5) is 18.9. The summed E-state index contributed by atoms with van der Waals surface area (Å²) in [5.41, 5.74) is 6.60. The van der Waals surface area contributed by atoms with Crippen molar-refractivity contribution in [1.29, 1.82) is 0 Å². The molecule has 2 aromatic carbocycles. The van der Waals surface area contributed by atoms with Gasteiger partial charge in [0.15, 0.2) is 0 Å². The molecule has 1 amide bonds. The lowest BCUT2D eigenvalue weighted by Gasteiger charge is -2.15. The first kappa shape index (κ1) is 19.4. The van der Waals surface area contributed by atoms with Crippen molar-refractivity contribution in [3.05, 3.63) is 77.6 Å². The molecule has 0 saturated carbocycles. The third kappa shape index (κ3) is 4.49. The Balaban J connectivity index is 1.77. The van der Waals surface area contributed by atoms with Gasteiger partial charge in [0.2, 0.25) is 0 Å². The van der Waals surface area contributed by atoms with Crippen LogP contribution in [0, 0.1) is 6.92 Å². The van der Waals surface area contributed by atoms with Crippen molar-refractivity contribution in [1.82, 2.24) is 4.98 Å². The topological polar surface area (TPSA) is 57.3 Å². The molecule has 0 radical (unpaired) electrons. The molecule has 0 bridgehead atoms. The Morgan fingerprint density at radius 1 is 1.04 bits per heavy atom. The fourth-order valence-electron chi connectivity index (χ4n) is 3.02. The number of hydrogen-bond acceptors (Lipinski definition) is 4. The van der Waals surface area contributed by atoms with E-state index in [1.165, 1.54) is 5.56 Å². The summed E-state index contributed by atoms with van der Waals surface area (Å²) in [6.45, 7) is 4.20. The van der Waals surface area contributed by atoms with Crippen LogP contribution in [0.25, 0.3) is 0 Å². The number of anilines is 4. The van der Waals surface area contributed by atoms with E-state index in [0.717, 1.165) is 34.7 Å². The highest BCUT2D eigenvalue weighted by molar-refractivity contribution is 6.04. The second-order valence-corrected chi connectivity index (χ2v) is 6.95. The maximum absolute atomic E-state index is 12.6. The van der Waals surface area contributed by atoms with Crippen molar-refractivity contribution in [3.63, 3.8) is 0 Å². The maximum atomic E-state index is 12.6. The first-order valence-electron chi connectivity index (χ1n) is 9.37. The Bertz CT molecular complexity index is 965. The standard InChI is InChI=1S/C23H26N4O/c1-5-17-8-6-7-16(2)22(17)25-20-13-18(14-24-15-20)23(28)26-19-9-11-21(12-10-19)27(3)4/h6-15,25H,5H2,1-4H3,(H,26,28). The number of amides is 1. The fraction of sp³-hybridized carbons (Fsp3) is 0.217. The molecule has 3 rings (SSSR count). The summed E-state index contributed by atoms with van der Waals surface area (Å²) in [7, 11) is 3.96. The highest BCUT2D eigenvalue weighted by atomic mass is 16.1. The van der Waals surface area contributed by atoms with Crippen LogP contribution in [0.15, 0.2) is 60.9 Å². The molecule has 0 aliphatic rings. The number of carbonyl (C=O) groups excluding carboxylic acids is 1. The van der Waals surface area contributed by atoms with Gasteiger partial charge in [0.05, 0.1) is 17.4 Å². The summed E-state index contributed by atoms with van der Waals surface area (Å²) in [5, 5.41) is 6.35. The van der Waals surface area contributed by atoms with Gasteiger partial charge in [-0.1, -0.05) is 25.1 Å². The van der Waals surface area contributed by atoms with Crippen LogP contribution >= 0.6 is 0 Å². The molecule has 0 fully saturated rings. The molecule has 144 valence electrons. The van der Waals surface area contributed by atoms with Gasteiger partial charge in [0, 0.05) is 37.4 Å². The number of nitrogens with zero attached hydrogens (tertiary/aromatic N) is 2. The van der Waals surface area contributed by atoms with Crippen LogP contribution in [-0.4, -0.2) is 25.0 Å². The first-order chi connectivity index (χ1) is 13.5. The first-order valence-corrected chi connectivity index (χ1v) is 9.37. The molecule has 3 aromatic rings. The van der Waals surface area contributed by atoms with Crippen molar-refractivity contribution in [2.75, 3.05) is 29.6 Å². The predicted octanol–water partition coefficient (Wildman–Crippen LogP) is 5.01. The van der Waals surface area contributed by atoms with Crippen LogP contribution < -0.4 is 15.5 Å². The zero-order valence-electron chi connectivity index (χ0n) is 16.8. The van der Waals surface area contributed by atoms with E-state index in [0.29, 0.717) is 5.56 Å². The zero-order valence-corrected chi connectivity index (χ0v) is 16.8. The summed E-state index contributed by atoms with van der Waals surface area (Å²) in [6, 6.07) is 15.8. The van der Waals surface area contributed by atoms with Gasteiger partial charge in [0.1, 0.15) is 0 Å². The van der Waals surface area contributed by atoms with E-state index in [1.807, 2.05) is 49.3 Å². The Labute approximate surface area is 166 Å². The molecule has 0 saturated heterocycles. The van der Waals surface area contributed by atoms with E-state index in [-0.39, 0.29) is 5.91 Å². The van der Waals surface area contributed by atoms with Crippen molar-refractivity contribution in [2.45, 2.75) is 20.3 Å². The number of aryl methyl sites for hydroxylation is 2. The molecule has 5 nitrogen and oxygen atoms in total. The second kappa shape index (κ2) is 8.57. The lowest BCUT2D eigenvalue weighted by molar-refractivity contribution is 0.102. The van der Waals surface area contributed by atoms with Gasteiger partial charge in [-0.15, -0.1) is 0 Å². The molecule has 0 unspecified atom stereocenters. The molecule has 28 heavy (non-hydrogen) atoms. The molecule has 0 aliphatic heterocycles. The Kier molecular flexibility index (Phi) is 5.94. The van der Waals surface area contributed by atoms with Crippen LogP contribution in [0.4, 0.5) is 22.7 Å². The van der Waals surface area contributed by atoms with E-state index in [9.17, 15) is 4.79 Å². The summed E-state index contributed by atoms with van der Waals surface area (Å²) >= 11 is 0. The number of pyridine rings is 1. The van der Waals surface area contributed by atoms with E-state index in [2.05, 4.69) is 47.7 Å². The molecule has 1 aromatic heterocycles. The maximum Gasteiger partial charge on any atom is 0.257 e. The quantitative estimate of drug-likeness (QED) is 0.636. The third-order valence-electron chi connectivity index (χ3n) is 4.65. The number of nitrogens with one attached hydrogen (secondary N) is 2. The number of benzene rings is 2. The van der Waals surface area contributed by atoms with E-state index in [1.54, 1.807) is 12.4 Å². The number of rotatable bonds is 6. The average molecular weight is 374 g/mol. The SMILES string of the molecule is CCc1cccc(C)c1Nc1cncc(C(=O)Nc2ccc(N(C)C)cc2)c1. The van der Waals surface area contributed by atoms with E-state index < -0.39 is 0 Å². The summed E-state index contributed by atoms with van der Waals surface area (Å²) < 4.78 is 0. The molecule has 5 heteroatoms. The van der Waals surface area contributed by atoms with Crippen molar-refractivity contribution < 1.29 is 4.79 Å². The van der Waals surface area contributed by atoms with E-state index in [4.69, 9.17) is 0 Å². The minimum atomic E-state index is -0.186. The Hall–Kier alpha value is -3.34. The normalized spacial score (nSPS) is 10.4. The largest absolute Gasteiger partial charge is 0.378 e.